The van der Waals surface area contributed by atoms with Crippen LogP contribution in [0.1, 0.15) is 17.5 Å². The van der Waals surface area contributed by atoms with Gasteiger partial charge in [0.05, 0.1) is 0 Å². The molecular formula is C12H18ClN. The zero-order chi connectivity index (χ0) is 10.4. The Bertz CT molecular complexity index is 273. The lowest BCUT2D eigenvalue weighted by atomic mass is 10.1. The van der Waals surface area contributed by atoms with Crippen LogP contribution in [-0.4, -0.2) is 24.4 Å². The smallest absolute Gasteiger partial charge is 0.0235 e. The number of hydrogen-bond donors (Lipinski definition) is 0. The fraction of sp³-hybridized carbons (Fsp3) is 0.500. The van der Waals surface area contributed by atoms with Crippen LogP contribution in [-0.2, 0) is 6.54 Å². The Kier molecular flexibility index (Phi) is 4.99. The highest BCUT2D eigenvalue weighted by molar-refractivity contribution is 6.17. The monoisotopic (exact) mass is 211 g/mol. The Hall–Kier alpha value is -0.530. The number of halogens is 1. The maximum atomic E-state index is 5.65. The molecule has 0 spiro atoms. The van der Waals surface area contributed by atoms with Gasteiger partial charge in [-0.25, -0.2) is 0 Å². The molecule has 14 heavy (non-hydrogen) atoms. The zero-order valence-corrected chi connectivity index (χ0v) is 9.72. The minimum absolute atomic E-state index is 0.748. The van der Waals surface area contributed by atoms with Crippen LogP contribution < -0.4 is 0 Å². The summed E-state index contributed by atoms with van der Waals surface area (Å²) in [6, 6.07) is 8.52. The maximum Gasteiger partial charge on any atom is 0.0235 e. The first kappa shape index (κ1) is 11.5. The summed E-state index contributed by atoms with van der Waals surface area (Å²) in [4.78, 5) is 2.31. The lowest BCUT2D eigenvalue weighted by Crippen LogP contribution is -2.19. The zero-order valence-electron chi connectivity index (χ0n) is 8.96. The van der Waals surface area contributed by atoms with E-state index in [1.54, 1.807) is 0 Å². The second-order valence-electron chi connectivity index (χ2n) is 3.71. The van der Waals surface area contributed by atoms with Crippen molar-refractivity contribution in [2.75, 3.05) is 19.5 Å². The Labute approximate surface area is 91.7 Å². The average molecular weight is 212 g/mol. The summed E-state index contributed by atoms with van der Waals surface area (Å²) >= 11 is 5.65. The lowest BCUT2D eigenvalue weighted by Gasteiger charge is -2.17. The van der Waals surface area contributed by atoms with Crippen molar-refractivity contribution in [3.8, 4) is 0 Å². The van der Waals surface area contributed by atoms with Gasteiger partial charge in [0.1, 0.15) is 0 Å². The molecule has 0 N–H and O–H groups in total. The van der Waals surface area contributed by atoms with E-state index in [2.05, 4.69) is 43.1 Å². The summed E-state index contributed by atoms with van der Waals surface area (Å²) in [7, 11) is 2.14. The van der Waals surface area contributed by atoms with E-state index in [1.165, 1.54) is 11.1 Å². The molecule has 1 nitrogen and oxygen atoms in total. The third-order valence-corrected chi connectivity index (χ3v) is 2.64. The molecule has 0 radical (unpaired) electrons. The number of hydrogen-bond acceptors (Lipinski definition) is 1. The van der Waals surface area contributed by atoms with Crippen molar-refractivity contribution < 1.29 is 0 Å². The summed E-state index contributed by atoms with van der Waals surface area (Å²) in [5.41, 5.74) is 2.77. The highest BCUT2D eigenvalue weighted by atomic mass is 35.5. The maximum absolute atomic E-state index is 5.65. The number of nitrogens with zero attached hydrogens (tertiary/aromatic N) is 1. The van der Waals surface area contributed by atoms with Crippen molar-refractivity contribution in [2.45, 2.75) is 19.9 Å². The summed E-state index contributed by atoms with van der Waals surface area (Å²) in [6.07, 6.45) is 1.06. The second kappa shape index (κ2) is 6.05. The van der Waals surface area contributed by atoms with Gasteiger partial charge in [-0.05, 0) is 38.1 Å². The van der Waals surface area contributed by atoms with Crippen LogP contribution in [0, 0.1) is 6.92 Å². The number of alkyl halides is 1. The van der Waals surface area contributed by atoms with Gasteiger partial charge < -0.3 is 4.90 Å². The van der Waals surface area contributed by atoms with E-state index in [0.29, 0.717) is 0 Å². The first-order valence-electron chi connectivity index (χ1n) is 5.03. The molecular weight excluding hydrogens is 194 g/mol. The van der Waals surface area contributed by atoms with Gasteiger partial charge in [0.15, 0.2) is 0 Å². The van der Waals surface area contributed by atoms with Crippen LogP contribution in [0.25, 0.3) is 0 Å². The molecule has 1 aromatic rings. The summed E-state index contributed by atoms with van der Waals surface area (Å²) in [6.45, 7) is 4.24. The first-order valence-corrected chi connectivity index (χ1v) is 5.56. The highest BCUT2D eigenvalue weighted by Gasteiger charge is 2.01. The van der Waals surface area contributed by atoms with E-state index in [9.17, 15) is 0 Å². The molecule has 0 saturated heterocycles. The number of aryl methyl sites for hydroxylation is 1. The average Bonchev–Trinajstić information content (AvgIpc) is 2.18. The Morgan fingerprint density at radius 2 is 2.00 bits per heavy atom. The molecule has 0 heterocycles. The molecule has 2 heteroatoms. The molecule has 0 aliphatic rings. The molecule has 1 rings (SSSR count). The third-order valence-electron chi connectivity index (χ3n) is 2.37. The molecule has 0 fully saturated rings. The highest BCUT2D eigenvalue weighted by Crippen LogP contribution is 2.09. The predicted octanol–water partition coefficient (Wildman–Crippen LogP) is 3.06. The molecule has 78 valence electrons. The summed E-state index contributed by atoms with van der Waals surface area (Å²) < 4.78 is 0. The van der Waals surface area contributed by atoms with Crippen LogP contribution in [0.4, 0.5) is 0 Å². The second-order valence-corrected chi connectivity index (χ2v) is 4.08. The molecule has 0 amide bonds. The van der Waals surface area contributed by atoms with Crippen LogP contribution in [0.5, 0.6) is 0 Å². The van der Waals surface area contributed by atoms with Crippen LogP contribution >= 0.6 is 11.6 Å². The first-order chi connectivity index (χ1) is 6.74. The normalized spacial score (nSPS) is 10.9. The Balaban J connectivity index is 2.47. The van der Waals surface area contributed by atoms with Crippen LogP contribution in [0.3, 0.4) is 0 Å². The van der Waals surface area contributed by atoms with Crippen molar-refractivity contribution in [3.63, 3.8) is 0 Å². The minimum atomic E-state index is 0.748. The number of benzene rings is 1. The molecule has 0 aliphatic carbocycles. The van der Waals surface area contributed by atoms with Crippen molar-refractivity contribution in [3.05, 3.63) is 35.4 Å². The van der Waals surface area contributed by atoms with Crippen LogP contribution in [0.15, 0.2) is 24.3 Å². The van der Waals surface area contributed by atoms with E-state index in [4.69, 9.17) is 11.6 Å². The van der Waals surface area contributed by atoms with E-state index in [0.717, 1.165) is 25.4 Å². The third kappa shape index (κ3) is 3.69. The van der Waals surface area contributed by atoms with E-state index in [-0.39, 0.29) is 0 Å². The molecule has 0 unspecified atom stereocenters. The fourth-order valence-electron chi connectivity index (χ4n) is 1.49. The van der Waals surface area contributed by atoms with Gasteiger partial charge in [-0.15, -0.1) is 11.6 Å². The minimum Gasteiger partial charge on any atom is -0.302 e. The van der Waals surface area contributed by atoms with E-state index >= 15 is 0 Å². The van der Waals surface area contributed by atoms with Crippen molar-refractivity contribution in [1.29, 1.82) is 0 Å². The predicted molar refractivity (Wildman–Crippen MR) is 62.9 cm³/mol. The molecule has 0 atom stereocenters. The van der Waals surface area contributed by atoms with E-state index in [1.807, 2.05) is 0 Å². The lowest BCUT2D eigenvalue weighted by molar-refractivity contribution is 0.327. The standard InChI is InChI=1S/C12H18ClN/c1-11-6-3-4-7-12(11)10-14(2)9-5-8-13/h3-4,6-7H,5,8-10H2,1-2H3. The summed E-state index contributed by atoms with van der Waals surface area (Å²) in [5.74, 6) is 0.748. The van der Waals surface area contributed by atoms with Gasteiger partial charge in [-0.2, -0.15) is 0 Å². The molecule has 0 aliphatic heterocycles. The molecule has 0 saturated carbocycles. The van der Waals surface area contributed by atoms with Crippen LogP contribution in [0.2, 0.25) is 0 Å². The van der Waals surface area contributed by atoms with Gasteiger partial charge >= 0.3 is 0 Å². The van der Waals surface area contributed by atoms with Crippen molar-refractivity contribution in [2.24, 2.45) is 0 Å². The molecule has 0 bridgehead atoms. The van der Waals surface area contributed by atoms with Gasteiger partial charge in [0.25, 0.3) is 0 Å². The topological polar surface area (TPSA) is 3.24 Å². The largest absolute Gasteiger partial charge is 0.302 e. The van der Waals surface area contributed by atoms with Gasteiger partial charge in [0.2, 0.25) is 0 Å². The fourth-order valence-corrected chi connectivity index (χ4v) is 1.61. The number of rotatable bonds is 5. The van der Waals surface area contributed by atoms with Crippen molar-refractivity contribution >= 4 is 11.6 Å². The Morgan fingerprint density at radius 3 is 2.64 bits per heavy atom. The van der Waals surface area contributed by atoms with Gasteiger partial charge in [-0.1, -0.05) is 24.3 Å². The molecule has 1 aromatic carbocycles. The van der Waals surface area contributed by atoms with Gasteiger partial charge in [-0.3, -0.25) is 0 Å². The quantitative estimate of drug-likeness (QED) is 0.677. The van der Waals surface area contributed by atoms with Crippen molar-refractivity contribution in [1.82, 2.24) is 4.90 Å². The Morgan fingerprint density at radius 1 is 1.29 bits per heavy atom. The summed E-state index contributed by atoms with van der Waals surface area (Å²) in [5, 5.41) is 0. The van der Waals surface area contributed by atoms with Gasteiger partial charge in [0, 0.05) is 12.4 Å². The van der Waals surface area contributed by atoms with E-state index < -0.39 is 0 Å². The SMILES string of the molecule is Cc1ccccc1CN(C)CCCCl. The molecule has 0 aromatic heterocycles.